The molecule has 1 aliphatic heterocycles. The maximum Gasteiger partial charge on any atom is 0.164 e. The Morgan fingerprint density at radius 3 is 2.57 bits per heavy atom. The van der Waals surface area contributed by atoms with E-state index < -0.39 is 0 Å². The van der Waals surface area contributed by atoms with Crippen molar-refractivity contribution in [1.82, 2.24) is 0 Å². The third kappa shape index (κ3) is 2.11. The number of allylic oxidation sites excluding steroid dienone is 2. The molecule has 4 rings (SSSR count). The van der Waals surface area contributed by atoms with Crippen molar-refractivity contribution in [3.8, 4) is 0 Å². The minimum absolute atomic E-state index is 0.0107. The Labute approximate surface area is 128 Å². The van der Waals surface area contributed by atoms with Gasteiger partial charge < -0.3 is 5.11 Å². The van der Waals surface area contributed by atoms with Crippen molar-refractivity contribution >= 4 is 10.9 Å². The van der Waals surface area contributed by atoms with Crippen LogP contribution in [-0.2, 0) is 17.3 Å². The van der Waals surface area contributed by atoms with E-state index in [0.29, 0.717) is 11.0 Å². The third-order valence-corrected chi connectivity index (χ3v) is 6.91. The summed E-state index contributed by atoms with van der Waals surface area (Å²) in [6.07, 6.45) is 5.88. The van der Waals surface area contributed by atoms with Gasteiger partial charge in [0.25, 0.3) is 0 Å². The van der Waals surface area contributed by atoms with Crippen molar-refractivity contribution in [3.63, 3.8) is 0 Å². The van der Waals surface area contributed by atoms with Gasteiger partial charge in [0.1, 0.15) is 5.76 Å². The summed E-state index contributed by atoms with van der Waals surface area (Å²) in [5.41, 5.74) is 2.57. The van der Waals surface area contributed by atoms with Crippen LogP contribution in [0.15, 0.2) is 87.9 Å². The van der Waals surface area contributed by atoms with Crippen LogP contribution in [0.25, 0.3) is 0 Å². The topological polar surface area (TPSA) is 20.2 Å². The SMILES string of the molecule is OC1=C2Cc3ccccc3[S+](c3ccccc3)C2CC=C1. The van der Waals surface area contributed by atoms with Crippen LogP contribution >= 0.6 is 0 Å². The number of fused-ring (bicyclic) bond motifs is 2. The third-order valence-electron chi connectivity index (χ3n) is 4.22. The lowest BCUT2D eigenvalue weighted by molar-refractivity contribution is 0.417. The predicted octanol–water partition coefficient (Wildman–Crippen LogP) is 4.42. The quantitative estimate of drug-likeness (QED) is 0.772. The summed E-state index contributed by atoms with van der Waals surface area (Å²) in [4.78, 5) is 2.82. The fraction of sp³-hybridized carbons (Fsp3) is 0.158. The lowest BCUT2D eigenvalue weighted by Crippen LogP contribution is -2.32. The van der Waals surface area contributed by atoms with Crippen molar-refractivity contribution in [1.29, 1.82) is 0 Å². The average Bonchev–Trinajstić information content (AvgIpc) is 2.54. The second-order valence-corrected chi connectivity index (χ2v) is 7.63. The Kier molecular flexibility index (Phi) is 3.12. The fourth-order valence-electron chi connectivity index (χ4n) is 3.24. The summed E-state index contributed by atoms with van der Waals surface area (Å²) in [6, 6.07) is 19.4. The monoisotopic (exact) mass is 293 g/mol. The molecule has 2 unspecified atom stereocenters. The minimum atomic E-state index is 0.0107. The summed E-state index contributed by atoms with van der Waals surface area (Å²) in [5.74, 6) is 0.481. The number of aliphatic hydroxyl groups is 1. The van der Waals surface area contributed by atoms with Crippen molar-refractivity contribution in [2.45, 2.75) is 27.9 Å². The molecular formula is C19H17OS+. The molecule has 104 valence electrons. The van der Waals surface area contributed by atoms with Gasteiger partial charge in [0.2, 0.25) is 0 Å². The van der Waals surface area contributed by atoms with Crippen molar-refractivity contribution < 1.29 is 5.11 Å². The van der Waals surface area contributed by atoms with Crippen LogP contribution in [0.4, 0.5) is 0 Å². The van der Waals surface area contributed by atoms with E-state index in [1.807, 2.05) is 6.08 Å². The largest absolute Gasteiger partial charge is 0.508 e. The molecule has 0 bridgehead atoms. The Morgan fingerprint density at radius 2 is 1.71 bits per heavy atom. The number of hydrogen-bond donors (Lipinski definition) is 1. The number of hydrogen-bond acceptors (Lipinski definition) is 1. The lowest BCUT2D eigenvalue weighted by atomic mass is 9.95. The van der Waals surface area contributed by atoms with E-state index >= 15 is 0 Å². The van der Waals surface area contributed by atoms with Crippen LogP contribution in [0.5, 0.6) is 0 Å². The van der Waals surface area contributed by atoms with E-state index in [2.05, 4.69) is 60.7 Å². The van der Waals surface area contributed by atoms with Gasteiger partial charge in [0, 0.05) is 24.0 Å². The highest BCUT2D eigenvalue weighted by Gasteiger charge is 2.44. The van der Waals surface area contributed by atoms with Crippen LogP contribution in [0.1, 0.15) is 12.0 Å². The zero-order valence-electron chi connectivity index (χ0n) is 11.7. The molecule has 21 heavy (non-hydrogen) atoms. The molecule has 1 nitrogen and oxygen atoms in total. The van der Waals surface area contributed by atoms with E-state index in [1.165, 1.54) is 20.9 Å². The van der Waals surface area contributed by atoms with Crippen molar-refractivity contribution in [3.05, 3.63) is 83.6 Å². The highest BCUT2D eigenvalue weighted by molar-refractivity contribution is 7.98. The normalized spacial score (nSPS) is 23.6. The van der Waals surface area contributed by atoms with Gasteiger partial charge in [0.15, 0.2) is 15.0 Å². The Balaban J connectivity index is 1.92. The highest BCUT2D eigenvalue weighted by atomic mass is 32.2. The van der Waals surface area contributed by atoms with Gasteiger partial charge in [-0.2, -0.15) is 0 Å². The highest BCUT2D eigenvalue weighted by Crippen LogP contribution is 2.42. The van der Waals surface area contributed by atoms with Crippen LogP contribution < -0.4 is 0 Å². The van der Waals surface area contributed by atoms with Crippen LogP contribution in [-0.4, -0.2) is 10.4 Å². The second kappa shape index (κ2) is 5.12. The predicted molar refractivity (Wildman–Crippen MR) is 87.7 cm³/mol. The summed E-state index contributed by atoms with van der Waals surface area (Å²) >= 11 is 0. The van der Waals surface area contributed by atoms with Gasteiger partial charge in [-0.15, -0.1) is 0 Å². The Hall–Kier alpha value is -1.93. The van der Waals surface area contributed by atoms with E-state index in [4.69, 9.17) is 0 Å². The first-order valence-electron chi connectivity index (χ1n) is 7.29. The van der Waals surface area contributed by atoms with Crippen molar-refractivity contribution in [2.24, 2.45) is 0 Å². The zero-order valence-corrected chi connectivity index (χ0v) is 12.5. The number of benzene rings is 2. The first-order valence-corrected chi connectivity index (χ1v) is 8.58. The minimum Gasteiger partial charge on any atom is -0.508 e. The van der Waals surface area contributed by atoms with E-state index in [9.17, 15) is 5.11 Å². The number of rotatable bonds is 1. The Morgan fingerprint density at radius 1 is 0.952 bits per heavy atom. The second-order valence-electron chi connectivity index (χ2n) is 5.47. The van der Waals surface area contributed by atoms with Crippen molar-refractivity contribution in [2.75, 3.05) is 0 Å². The van der Waals surface area contributed by atoms with E-state index in [-0.39, 0.29) is 10.9 Å². The lowest BCUT2D eigenvalue weighted by Gasteiger charge is -2.29. The van der Waals surface area contributed by atoms with Gasteiger partial charge in [-0.05, 0) is 24.3 Å². The molecule has 1 heterocycles. The molecule has 0 fully saturated rings. The summed E-state index contributed by atoms with van der Waals surface area (Å²) < 4.78 is 0. The molecule has 0 spiro atoms. The molecule has 2 aromatic carbocycles. The van der Waals surface area contributed by atoms with Crippen LogP contribution in [0.2, 0.25) is 0 Å². The van der Waals surface area contributed by atoms with Gasteiger partial charge >= 0.3 is 0 Å². The molecule has 0 aromatic heterocycles. The summed E-state index contributed by atoms with van der Waals surface area (Å²) in [7, 11) is 0.0107. The first-order chi connectivity index (χ1) is 10.3. The Bertz CT molecular complexity index is 730. The maximum absolute atomic E-state index is 10.3. The number of aliphatic hydroxyl groups excluding tert-OH is 1. The van der Waals surface area contributed by atoms with Gasteiger partial charge in [-0.1, -0.05) is 42.5 Å². The maximum atomic E-state index is 10.3. The van der Waals surface area contributed by atoms with E-state index in [0.717, 1.165) is 12.8 Å². The van der Waals surface area contributed by atoms with E-state index in [1.54, 1.807) is 0 Å². The zero-order chi connectivity index (χ0) is 14.2. The molecule has 0 saturated carbocycles. The molecule has 1 aliphatic carbocycles. The van der Waals surface area contributed by atoms with Crippen LogP contribution in [0.3, 0.4) is 0 Å². The summed E-state index contributed by atoms with van der Waals surface area (Å²) in [6.45, 7) is 0. The standard InChI is InChI=1S/C19H16OS/c20-17-10-6-12-19-16(17)13-14-7-4-5-11-18(14)21(19)15-8-2-1-3-9-15/h1-11,19H,12-13H2/p+1. The molecular weight excluding hydrogens is 276 g/mol. The smallest absolute Gasteiger partial charge is 0.164 e. The molecule has 0 saturated heterocycles. The summed E-state index contributed by atoms with van der Waals surface area (Å²) in [5, 5.41) is 10.7. The molecule has 2 heteroatoms. The fourth-order valence-corrected chi connectivity index (χ4v) is 6.02. The molecule has 2 aromatic rings. The molecule has 0 radical (unpaired) electrons. The first kappa shape index (κ1) is 12.8. The average molecular weight is 293 g/mol. The van der Waals surface area contributed by atoms with Gasteiger partial charge in [-0.3, -0.25) is 0 Å². The van der Waals surface area contributed by atoms with Crippen LogP contribution in [0, 0.1) is 0 Å². The molecule has 2 aliphatic rings. The molecule has 2 atom stereocenters. The molecule has 0 amide bonds. The van der Waals surface area contributed by atoms with Gasteiger partial charge in [-0.25, -0.2) is 0 Å². The molecule has 1 N–H and O–H groups in total. The van der Waals surface area contributed by atoms with Gasteiger partial charge in [0.05, 0.1) is 10.9 Å².